The van der Waals surface area contributed by atoms with Crippen molar-refractivity contribution in [1.29, 1.82) is 0 Å². The molecule has 106 valence electrons. The SMILES string of the molecule is CC1CC(n2cc3ccc(Cl)nc3n2)CCC1C(=O)O. The third-order valence-corrected chi connectivity index (χ3v) is 4.40. The van der Waals surface area contributed by atoms with Gasteiger partial charge < -0.3 is 5.11 Å². The van der Waals surface area contributed by atoms with Gasteiger partial charge in [-0.2, -0.15) is 5.10 Å². The zero-order valence-corrected chi connectivity index (χ0v) is 11.9. The summed E-state index contributed by atoms with van der Waals surface area (Å²) in [5.74, 6) is -0.756. The smallest absolute Gasteiger partial charge is 0.306 e. The molecule has 0 spiro atoms. The summed E-state index contributed by atoms with van der Waals surface area (Å²) in [6.45, 7) is 2.00. The van der Waals surface area contributed by atoms with Crippen LogP contribution in [-0.4, -0.2) is 25.8 Å². The quantitative estimate of drug-likeness (QED) is 0.864. The Balaban J connectivity index is 1.83. The first kappa shape index (κ1) is 13.4. The molecule has 1 N–H and O–H groups in total. The van der Waals surface area contributed by atoms with Crippen LogP contribution in [0.3, 0.4) is 0 Å². The van der Waals surface area contributed by atoms with Gasteiger partial charge in [0.2, 0.25) is 0 Å². The summed E-state index contributed by atoms with van der Waals surface area (Å²) < 4.78 is 1.92. The molecule has 3 unspecified atom stereocenters. The zero-order chi connectivity index (χ0) is 14.3. The Morgan fingerprint density at radius 2 is 2.25 bits per heavy atom. The van der Waals surface area contributed by atoms with Crippen LogP contribution in [-0.2, 0) is 4.79 Å². The topological polar surface area (TPSA) is 68.0 Å². The summed E-state index contributed by atoms with van der Waals surface area (Å²) in [6.07, 6.45) is 4.34. The number of carboxylic acid groups (broad SMARTS) is 1. The molecule has 0 radical (unpaired) electrons. The molecule has 0 bridgehead atoms. The molecule has 3 rings (SSSR count). The van der Waals surface area contributed by atoms with Crippen molar-refractivity contribution in [3.63, 3.8) is 0 Å². The molecule has 6 heteroatoms. The lowest BCUT2D eigenvalue weighted by Crippen LogP contribution is -2.30. The van der Waals surface area contributed by atoms with E-state index >= 15 is 0 Å². The maximum Gasteiger partial charge on any atom is 0.306 e. The van der Waals surface area contributed by atoms with Gasteiger partial charge in [0.05, 0.1) is 12.0 Å². The number of hydrogen-bond acceptors (Lipinski definition) is 3. The first-order chi connectivity index (χ1) is 9.54. The molecule has 5 nitrogen and oxygen atoms in total. The van der Waals surface area contributed by atoms with Crippen molar-refractivity contribution in [2.75, 3.05) is 0 Å². The summed E-state index contributed by atoms with van der Waals surface area (Å²) >= 11 is 5.87. The first-order valence-corrected chi connectivity index (χ1v) is 7.16. The third-order valence-electron chi connectivity index (χ3n) is 4.19. The van der Waals surface area contributed by atoms with Crippen LogP contribution >= 0.6 is 11.6 Å². The fourth-order valence-corrected chi connectivity index (χ4v) is 3.20. The lowest BCUT2D eigenvalue weighted by atomic mass is 9.78. The van der Waals surface area contributed by atoms with Crippen LogP contribution in [0.15, 0.2) is 18.3 Å². The molecule has 20 heavy (non-hydrogen) atoms. The fraction of sp³-hybridized carbons (Fsp3) is 0.500. The highest BCUT2D eigenvalue weighted by atomic mass is 35.5. The molecule has 0 amide bonds. The third kappa shape index (κ3) is 2.38. The van der Waals surface area contributed by atoms with Crippen molar-refractivity contribution < 1.29 is 9.90 Å². The number of nitrogens with zero attached hydrogens (tertiary/aromatic N) is 3. The minimum atomic E-state index is -0.685. The average molecular weight is 294 g/mol. The second kappa shape index (κ2) is 5.05. The summed E-state index contributed by atoms with van der Waals surface area (Å²) in [7, 11) is 0. The van der Waals surface area contributed by atoms with Crippen molar-refractivity contribution in [2.24, 2.45) is 11.8 Å². The molecule has 1 saturated carbocycles. The van der Waals surface area contributed by atoms with E-state index in [4.69, 9.17) is 16.7 Å². The Morgan fingerprint density at radius 3 is 2.95 bits per heavy atom. The maximum absolute atomic E-state index is 11.1. The molecule has 2 aromatic heterocycles. The van der Waals surface area contributed by atoms with Crippen molar-refractivity contribution in [3.05, 3.63) is 23.5 Å². The van der Waals surface area contributed by atoms with Gasteiger partial charge in [-0.25, -0.2) is 4.98 Å². The number of halogens is 1. The second-order valence-electron chi connectivity index (χ2n) is 5.54. The highest BCUT2D eigenvalue weighted by Crippen LogP contribution is 2.36. The van der Waals surface area contributed by atoms with E-state index in [0.717, 1.165) is 18.2 Å². The first-order valence-electron chi connectivity index (χ1n) is 6.79. The molecule has 1 aliphatic carbocycles. The number of hydrogen-bond donors (Lipinski definition) is 1. The van der Waals surface area contributed by atoms with Gasteiger partial charge in [0, 0.05) is 11.6 Å². The molecule has 1 fully saturated rings. The van der Waals surface area contributed by atoms with E-state index in [9.17, 15) is 4.79 Å². The molecule has 0 aliphatic heterocycles. The number of aromatic nitrogens is 3. The van der Waals surface area contributed by atoms with Gasteiger partial charge >= 0.3 is 5.97 Å². The van der Waals surface area contributed by atoms with Gasteiger partial charge in [0.1, 0.15) is 5.15 Å². The van der Waals surface area contributed by atoms with Crippen LogP contribution < -0.4 is 0 Å². The van der Waals surface area contributed by atoms with Crippen LogP contribution in [0.1, 0.15) is 32.2 Å². The Morgan fingerprint density at radius 1 is 1.45 bits per heavy atom. The van der Waals surface area contributed by atoms with E-state index in [1.165, 1.54) is 0 Å². The predicted octanol–water partition coefficient (Wildman–Crippen LogP) is 3.15. The molecule has 0 aromatic carbocycles. The second-order valence-corrected chi connectivity index (χ2v) is 5.93. The summed E-state index contributed by atoms with van der Waals surface area (Å²) in [4.78, 5) is 15.3. The van der Waals surface area contributed by atoms with E-state index in [2.05, 4.69) is 10.1 Å². The summed E-state index contributed by atoms with van der Waals surface area (Å²) in [5.41, 5.74) is 0.644. The van der Waals surface area contributed by atoms with E-state index < -0.39 is 5.97 Å². The monoisotopic (exact) mass is 293 g/mol. The zero-order valence-electron chi connectivity index (χ0n) is 11.2. The Hall–Kier alpha value is -1.62. The van der Waals surface area contributed by atoms with E-state index in [-0.39, 0.29) is 17.9 Å². The molecule has 1 aliphatic rings. The fourth-order valence-electron chi connectivity index (χ4n) is 3.06. The largest absolute Gasteiger partial charge is 0.481 e. The van der Waals surface area contributed by atoms with Gasteiger partial charge in [0.25, 0.3) is 0 Å². The highest BCUT2D eigenvalue weighted by Gasteiger charge is 2.33. The molecular formula is C14H16ClN3O2. The van der Waals surface area contributed by atoms with Gasteiger partial charge in [0.15, 0.2) is 5.65 Å². The van der Waals surface area contributed by atoms with Crippen LogP contribution in [0.4, 0.5) is 0 Å². The molecular weight excluding hydrogens is 278 g/mol. The number of rotatable bonds is 2. The normalized spacial score (nSPS) is 26.8. The number of carbonyl (C=O) groups is 1. The standard InChI is InChI=1S/C14H16ClN3O2/c1-8-6-10(3-4-11(8)14(19)20)18-7-9-2-5-12(15)16-13(9)17-18/h2,5,7-8,10-11H,3-4,6H2,1H3,(H,19,20). The lowest BCUT2D eigenvalue weighted by molar-refractivity contribution is -0.145. The highest BCUT2D eigenvalue weighted by molar-refractivity contribution is 6.29. The van der Waals surface area contributed by atoms with Crippen LogP contribution in [0.25, 0.3) is 11.0 Å². The molecule has 0 saturated heterocycles. The minimum Gasteiger partial charge on any atom is -0.481 e. The summed E-state index contributed by atoms with van der Waals surface area (Å²) in [5, 5.41) is 15.0. The molecule has 3 atom stereocenters. The Bertz CT molecular complexity index is 655. The van der Waals surface area contributed by atoms with Crippen molar-refractivity contribution in [2.45, 2.75) is 32.2 Å². The van der Waals surface area contributed by atoms with E-state index in [0.29, 0.717) is 17.2 Å². The maximum atomic E-state index is 11.1. The minimum absolute atomic E-state index is 0.162. The van der Waals surface area contributed by atoms with Crippen molar-refractivity contribution >= 4 is 28.6 Å². The number of pyridine rings is 1. The number of carboxylic acids is 1. The van der Waals surface area contributed by atoms with Crippen LogP contribution in [0.5, 0.6) is 0 Å². The average Bonchev–Trinajstić information content (AvgIpc) is 2.81. The van der Waals surface area contributed by atoms with Crippen LogP contribution in [0, 0.1) is 11.8 Å². The van der Waals surface area contributed by atoms with Gasteiger partial charge in [-0.05, 0) is 37.3 Å². The van der Waals surface area contributed by atoms with Crippen molar-refractivity contribution in [3.8, 4) is 0 Å². The van der Waals surface area contributed by atoms with Crippen LogP contribution in [0.2, 0.25) is 5.15 Å². The molecule has 2 heterocycles. The van der Waals surface area contributed by atoms with Crippen molar-refractivity contribution in [1.82, 2.24) is 14.8 Å². The number of aliphatic carboxylic acids is 1. The summed E-state index contributed by atoms with van der Waals surface area (Å²) in [6, 6.07) is 3.90. The predicted molar refractivity (Wildman–Crippen MR) is 75.7 cm³/mol. The van der Waals surface area contributed by atoms with Gasteiger partial charge in [-0.1, -0.05) is 18.5 Å². The van der Waals surface area contributed by atoms with Gasteiger partial charge in [-0.3, -0.25) is 9.48 Å². The van der Waals surface area contributed by atoms with E-state index in [1.807, 2.05) is 23.9 Å². The van der Waals surface area contributed by atoms with E-state index in [1.54, 1.807) is 6.07 Å². The lowest BCUT2D eigenvalue weighted by Gasteiger charge is -2.31. The van der Waals surface area contributed by atoms with Gasteiger partial charge in [-0.15, -0.1) is 0 Å². The number of fused-ring (bicyclic) bond motifs is 1. The molecule has 2 aromatic rings. The Labute approximate surface area is 121 Å². The Kier molecular flexibility index (Phi) is 3.38.